The number of amides is 2. The van der Waals surface area contributed by atoms with Crippen LogP contribution in [-0.2, 0) is 14.4 Å². The van der Waals surface area contributed by atoms with E-state index < -0.39 is 31.0 Å². The molecular weight excluding hydrogens is 328 g/mol. The Kier molecular flexibility index (Phi) is 15.3. The first-order valence-electron chi connectivity index (χ1n) is 7.02. The molecule has 0 aromatic heterocycles. The Morgan fingerprint density at radius 2 is 1.33 bits per heavy atom. The Morgan fingerprint density at radius 3 is 1.62 bits per heavy atom. The molecule has 4 atom stereocenters. The average molecular weight is 354 g/mol. The molecule has 0 aliphatic carbocycles. The molecule has 24 heavy (non-hydrogen) atoms. The summed E-state index contributed by atoms with van der Waals surface area (Å²) >= 11 is 0. The molecule has 142 valence electrons. The van der Waals surface area contributed by atoms with Gasteiger partial charge in [-0.3, -0.25) is 20.4 Å². The number of aldehydes is 1. The van der Waals surface area contributed by atoms with E-state index in [2.05, 4.69) is 0 Å². The minimum absolute atomic E-state index is 0.0258. The zero-order valence-electron chi connectivity index (χ0n) is 13.0. The van der Waals surface area contributed by atoms with Gasteiger partial charge in [0.2, 0.25) is 11.8 Å². The predicted molar refractivity (Wildman–Crippen MR) is 80.3 cm³/mol. The number of hydrogen-bond acceptors (Lipinski definition) is 10. The number of hydrogen-bond donors (Lipinski definition) is 9. The van der Waals surface area contributed by atoms with E-state index in [1.54, 1.807) is 0 Å². The zero-order valence-corrected chi connectivity index (χ0v) is 13.0. The van der Waals surface area contributed by atoms with Gasteiger partial charge in [0, 0.05) is 12.8 Å². The van der Waals surface area contributed by atoms with Gasteiger partial charge in [-0.25, -0.2) is 11.7 Å². The smallest absolute Gasteiger partial charge is 0.233 e. The first-order chi connectivity index (χ1) is 11.2. The lowest BCUT2D eigenvalue weighted by Crippen LogP contribution is -2.46. The van der Waals surface area contributed by atoms with Crippen LogP contribution in [0.4, 0.5) is 0 Å². The number of nitrogens with two attached hydrogens (primary N) is 2. The molecule has 0 aliphatic heterocycles. The third-order valence-corrected chi connectivity index (χ3v) is 2.80. The summed E-state index contributed by atoms with van der Waals surface area (Å²) in [6, 6.07) is 0. The van der Waals surface area contributed by atoms with Gasteiger partial charge in [-0.2, -0.15) is 0 Å². The highest BCUT2D eigenvalue weighted by Gasteiger charge is 2.29. The van der Waals surface area contributed by atoms with Gasteiger partial charge in [-0.15, -0.1) is 0 Å². The number of nitrogens with one attached hydrogen (secondary N) is 2. The average Bonchev–Trinajstić information content (AvgIpc) is 2.62. The molecule has 0 radical (unpaired) electrons. The molecule has 0 aromatic rings. The van der Waals surface area contributed by atoms with Crippen LogP contribution in [0.15, 0.2) is 0 Å². The van der Waals surface area contributed by atoms with E-state index in [4.69, 9.17) is 37.2 Å². The molecule has 0 saturated heterocycles. The molecule has 0 spiro atoms. The lowest BCUT2D eigenvalue weighted by molar-refractivity contribution is -0.136. The Hall–Kier alpha value is -1.67. The monoisotopic (exact) mass is 354 g/mol. The van der Waals surface area contributed by atoms with Crippen molar-refractivity contribution < 1.29 is 39.9 Å². The number of carbonyl (C=O) groups is 3. The van der Waals surface area contributed by atoms with Crippen molar-refractivity contribution in [2.24, 2.45) is 11.7 Å². The highest BCUT2D eigenvalue weighted by Crippen LogP contribution is 2.03. The lowest BCUT2D eigenvalue weighted by atomic mass is 10.0. The van der Waals surface area contributed by atoms with Crippen LogP contribution in [0.5, 0.6) is 0 Å². The van der Waals surface area contributed by atoms with Crippen LogP contribution in [0.2, 0.25) is 0 Å². The van der Waals surface area contributed by atoms with Crippen LogP contribution in [0.1, 0.15) is 25.7 Å². The third-order valence-electron chi connectivity index (χ3n) is 2.80. The molecule has 0 fully saturated rings. The molecule has 0 aromatic carbocycles. The fraction of sp³-hybridized carbons (Fsp3) is 0.750. The Labute approximate surface area is 138 Å². The van der Waals surface area contributed by atoms with E-state index in [9.17, 15) is 14.4 Å². The van der Waals surface area contributed by atoms with Crippen LogP contribution in [0.25, 0.3) is 0 Å². The Balaban J connectivity index is 0. The molecule has 0 aliphatic rings. The number of aliphatic hydroxyl groups is 5. The van der Waals surface area contributed by atoms with E-state index in [0.717, 1.165) is 0 Å². The molecule has 0 unspecified atom stereocenters. The van der Waals surface area contributed by atoms with Crippen LogP contribution < -0.4 is 22.5 Å². The molecular formula is C12H26N4O8. The molecule has 12 heteroatoms. The van der Waals surface area contributed by atoms with Gasteiger partial charge in [-0.1, -0.05) is 0 Å². The second kappa shape index (κ2) is 14.9. The largest absolute Gasteiger partial charge is 0.394 e. The maximum atomic E-state index is 10.6. The van der Waals surface area contributed by atoms with Gasteiger partial charge >= 0.3 is 0 Å². The molecule has 2 amide bonds. The van der Waals surface area contributed by atoms with Crippen LogP contribution >= 0.6 is 0 Å². The number of unbranched alkanes of at least 4 members (excludes halogenated alkanes) is 1. The standard InChI is InChI=1S/C6H14N4O2.C6H12O6/c7-9-5(11)3-1-2-4-6(12)10-8;7-1-3(9)5(11)6(12)4(10)2-8/h1-4,7-8H2,(H,9,11)(H,10,12);1,3-6,8-12H,2H2/t;3-,4+,5+,6+/m.0/s1. The third kappa shape index (κ3) is 11.8. The summed E-state index contributed by atoms with van der Waals surface area (Å²) in [6.45, 7) is -0.760. The summed E-state index contributed by atoms with van der Waals surface area (Å²) in [4.78, 5) is 31.0. The van der Waals surface area contributed by atoms with Crippen molar-refractivity contribution in [1.82, 2.24) is 10.9 Å². The van der Waals surface area contributed by atoms with E-state index >= 15 is 0 Å². The molecule has 12 nitrogen and oxygen atoms in total. The van der Waals surface area contributed by atoms with Crippen LogP contribution in [-0.4, -0.2) is 74.7 Å². The van der Waals surface area contributed by atoms with Gasteiger partial charge < -0.3 is 30.3 Å². The van der Waals surface area contributed by atoms with Crippen molar-refractivity contribution in [2.45, 2.75) is 50.1 Å². The van der Waals surface area contributed by atoms with Crippen molar-refractivity contribution in [3.05, 3.63) is 0 Å². The molecule has 0 heterocycles. The Bertz CT molecular complexity index is 353. The molecule has 0 bridgehead atoms. The fourth-order valence-electron chi connectivity index (χ4n) is 1.33. The van der Waals surface area contributed by atoms with Gasteiger partial charge in [0.15, 0.2) is 6.29 Å². The van der Waals surface area contributed by atoms with E-state index in [1.807, 2.05) is 10.9 Å². The normalized spacial score (nSPS) is 15.1. The Morgan fingerprint density at radius 1 is 0.917 bits per heavy atom. The van der Waals surface area contributed by atoms with E-state index in [0.29, 0.717) is 25.7 Å². The van der Waals surface area contributed by atoms with Crippen molar-refractivity contribution in [1.29, 1.82) is 0 Å². The van der Waals surface area contributed by atoms with E-state index in [1.165, 1.54) is 0 Å². The summed E-state index contributed by atoms with van der Waals surface area (Å²) in [5.41, 5.74) is 4.01. The zero-order chi connectivity index (χ0) is 19.1. The number of rotatable bonds is 10. The van der Waals surface area contributed by atoms with Crippen molar-refractivity contribution >= 4 is 18.1 Å². The van der Waals surface area contributed by atoms with E-state index in [-0.39, 0.29) is 18.1 Å². The highest BCUT2D eigenvalue weighted by molar-refractivity contribution is 5.76. The summed E-state index contributed by atoms with van der Waals surface area (Å²) in [6.07, 6.45) is -4.89. The molecule has 0 rings (SSSR count). The first kappa shape index (κ1) is 24.6. The second-order valence-corrected chi connectivity index (χ2v) is 4.70. The number of hydrazine groups is 2. The van der Waals surface area contributed by atoms with Crippen molar-refractivity contribution in [3.63, 3.8) is 0 Å². The molecule has 11 N–H and O–H groups in total. The first-order valence-corrected chi connectivity index (χ1v) is 7.02. The minimum atomic E-state index is -1.79. The van der Waals surface area contributed by atoms with Gasteiger partial charge in [0.05, 0.1) is 6.61 Å². The van der Waals surface area contributed by atoms with Gasteiger partial charge in [-0.05, 0) is 12.8 Å². The summed E-state index contributed by atoms with van der Waals surface area (Å²) in [5.74, 6) is 9.24. The summed E-state index contributed by atoms with van der Waals surface area (Å²) < 4.78 is 0. The van der Waals surface area contributed by atoms with Crippen molar-refractivity contribution in [3.8, 4) is 0 Å². The van der Waals surface area contributed by atoms with Crippen LogP contribution in [0.3, 0.4) is 0 Å². The maximum absolute atomic E-state index is 10.6. The predicted octanol–water partition coefficient (Wildman–Crippen LogP) is -4.85. The minimum Gasteiger partial charge on any atom is -0.394 e. The van der Waals surface area contributed by atoms with Crippen LogP contribution in [0, 0.1) is 0 Å². The summed E-state index contributed by atoms with van der Waals surface area (Å²) in [5, 5.41) is 43.5. The lowest BCUT2D eigenvalue weighted by Gasteiger charge is -2.22. The topological polar surface area (TPSA) is 228 Å². The van der Waals surface area contributed by atoms with Crippen molar-refractivity contribution in [2.75, 3.05) is 6.61 Å². The quantitative estimate of drug-likeness (QED) is 0.0597. The fourth-order valence-corrected chi connectivity index (χ4v) is 1.33. The SMILES string of the molecule is NNC(=O)CCCCC(=O)NN.O=C[C@H](O)[C@@H](O)[C@H](O)[C@H](O)CO. The second-order valence-electron chi connectivity index (χ2n) is 4.70. The molecule has 0 saturated carbocycles. The number of aliphatic hydroxyl groups excluding tert-OH is 5. The van der Waals surface area contributed by atoms with Gasteiger partial charge in [0.1, 0.15) is 24.4 Å². The van der Waals surface area contributed by atoms with Gasteiger partial charge in [0.25, 0.3) is 0 Å². The maximum Gasteiger partial charge on any atom is 0.233 e. The highest BCUT2D eigenvalue weighted by atomic mass is 16.4. The summed E-state index contributed by atoms with van der Waals surface area (Å²) in [7, 11) is 0. The number of carbonyl (C=O) groups excluding carboxylic acids is 3.